The lowest BCUT2D eigenvalue weighted by Crippen LogP contribution is -2.16. The number of nitrogens with zero attached hydrogens (tertiary/aromatic N) is 2. The monoisotopic (exact) mass is 343 g/mol. The molecule has 0 aliphatic rings. The number of amides is 1. The van der Waals surface area contributed by atoms with E-state index < -0.39 is 17.6 Å². The topological polar surface area (TPSA) is 64.1 Å². The Morgan fingerprint density at radius 3 is 2.74 bits per heavy atom. The summed E-state index contributed by atoms with van der Waals surface area (Å²) in [5.41, 5.74) is -0.896. The first-order chi connectivity index (χ1) is 10.9. The van der Waals surface area contributed by atoms with Gasteiger partial charge in [-0.1, -0.05) is 11.8 Å². The third-order valence-corrected chi connectivity index (χ3v) is 3.65. The number of alkyl halides is 3. The summed E-state index contributed by atoms with van der Waals surface area (Å²) in [6.45, 7) is 0. The SMILES string of the molecule is COc1ccc(C(F)(F)F)cc1NC(=O)CSc1ccncn1. The first kappa shape index (κ1) is 17.1. The van der Waals surface area contributed by atoms with Crippen LogP contribution in [0.5, 0.6) is 5.75 Å². The predicted octanol–water partition coefficient (Wildman–Crippen LogP) is 3.23. The molecule has 2 rings (SSSR count). The molecule has 0 unspecified atom stereocenters. The van der Waals surface area contributed by atoms with Crippen molar-refractivity contribution in [3.63, 3.8) is 0 Å². The van der Waals surface area contributed by atoms with E-state index in [0.717, 1.165) is 30.0 Å². The smallest absolute Gasteiger partial charge is 0.416 e. The Morgan fingerprint density at radius 2 is 2.13 bits per heavy atom. The third kappa shape index (κ3) is 4.85. The molecule has 0 spiro atoms. The molecule has 5 nitrogen and oxygen atoms in total. The zero-order valence-corrected chi connectivity index (χ0v) is 12.7. The number of hydrogen-bond acceptors (Lipinski definition) is 5. The van der Waals surface area contributed by atoms with E-state index in [2.05, 4.69) is 15.3 Å². The molecule has 0 saturated heterocycles. The average Bonchev–Trinajstić information content (AvgIpc) is 2.53. The molecule has 1 N–H and O–H groups in total. The molecule has 1 aromatic carbocycles. The van der Waals surface area contributed by atoms with Gasteiger partial charge in [0.05, 0.1) is 29.1 Å². The molecule has 0 aliphatic heterocycles. The summed E-state index contributed by atoms with van der Waals surface area (Å²) in [5, 5.41) is 3.01. The van der Waals surface area contributed by atoms with Crippen LogP contribution in [0.2, 0.25) is 0 Å². The van der Waals surface area contributed by atoms with E-state index in [0.29, 0.717) is 5.03 Å². The van der Waals surface area contributed by atoms with Crippen LogP contribution in [-0.4, -0.2) is 28.7 Å². The highest BCUT2D eigenvalue weighted by molar-refractivity contribution is 7.99. The second-order valence-electron chi connectivity index (χ2n) is 4.30. The highest BCUT2D eigenvalue weighted by Gasteiger charge is 2.31. The van der Waals surface area contributed by atoms with Crippen LogP contribution in [-0.2, 0) is 11.0 Å². The van der Waals surface area contributed by atoms with Crippen LogP contribution in [0.25, 0.3) is 0 Å². The summed E-state index contributed by atoms with van der Waals surface area (Å²) in [6, 6.07) is 4.52. The number of ether oxygens (including phenoxy) is 1. The largest absolute Gasteiger partial charge is 0.495 e. The van der Waals surface area contributed by atoms with Crippen molar-refractivity contribution in [3.05, 3.63) is 42.4 Å². The van der Waals surface area contributed by atoms with E-state index in [1.807, 2.05) is 0 Å². The van der Waals surface area contributed by atoms with Crippen LogP contribution in [0.3, 0.4) is 0 Å². The first-order valence-corrected chi connectivity index (χ1v) is 7.32. The molecular formula is C14H12F3N3O2S. The maximum Gasteiger partial charge on any atom is 0.416 e. The predicted molar refractivity (Wildman–Crippen MR) is 79.4 cm³/mol. The summed E-state index contributed by atoms with van der Waals surface area (Å²) in [5.74, 6) is -0.319. The lowest BCUT2D eigenvalue weighted by Gasteiger charge is -2.13. The normalized spacial score (nSPS) is 11.1. The van der Waals surface area contributed by atoms with Crippen LogP contribution in [0, 0.1) is 0 Å². The van der Waals surface area contributed by atoms with Gasteiger partial charge in [-0.3, -0.25) is 4.79 Å². The molecule has 0 fully saturated rings. The van der Waals surface area contributed by atoms with E-state index in [1.165, 1.54) is 19.6 Å². The molecule has 23 heavy (non-hydrogen) atoms. The first-order valence-electron chi connectivity index (χ1n) is 6.34. The molecule has 0 bridgehead atoms. The van der Waals surface area contributed by atoms with Crippen molar-refractivity contribution in [2.45, 2.75) is 11.2 Å². The highest BCUT2D eigenvalue weighted by atomic mass is 32.2. The van der Waals surface area contributed by atoms with Gasteiger partial charge in [-0.25, -0.2) is 9.97 Å². The summed E-state index contributed by atoms with van der Waals surface area (Å²) in [7, 11) is 1.31. The summed E-state index contributed by atoms with van der Waals surface area (Å²) >= 11 is 1.14. The van der Waals surface area contributed by atoms with Crippen molar-refractivity contribution in [2.75, 3.05) is 18.2 Å². The standard InChI is InChI=1S/C14H12F3N3O2S/c1-22-11-3-2-9(14(15,16)17)6-10(11)20-12(21)7-23-13-4-5-18-8-19-13/h2-6,8H,7H2,1H3,(H,20,21). The molecule has 122 valence electrons. The van der Waals surface area contributed by atoms with Gasteiger partial charge in [-0.2, -0.15) is 13.2 Å². The second kappa shape index (κ2) is 7.32. The number of anilines is 1. The molecule has 0 radical (unpaired) electrons. The van der Waals surface area contributed by atoms with Crippen molar-refractivity contribution in [1.29, 1.82) is 0 Å². The van der Waals surface area contributed by atoms with Crippen molar-refractivity contribution < 1.29 is 22.7 Å². The van der Waals surface area contributed by atoms with Crippen molar-refractivity contribution in [2.24, 2.45) is 0 Å². The van der Waals surface area contributed by atoms with Gasteiger partial charge in [0.15, 0.2) is 0 Å². The Morgan fingerprint density at radius 1 is 1.35 bits per heavy atom. The summed E-state index contributed by atoms with van der Waals surface area (Å²) < 4.78 is 43.2. The second-order valence-corrected chi connectivity index (χ2v) is 5.29. The molecule has 1 amide bonds. The maximum absolute atomic E-state index is 12.7. The number of rotatable bonds is 5. The van der Waals surface area contributed by atoms with E-state index in [9.17, 15) is 18.0 Å². The van der Waals surface area contributed by atoms with E-state index in [1.54, 1.807) is 6.07 Å². The van der Waals surface area contributed by atoms with Crippen LogP contribution in [0.15, 0.2) is 41.8 Å². The van der Waals surface area contributed by atoms with E-state index >= 15 is 0 Å². The quantitative estimate of drug-likeness (QED) is 0.667. The van der Waals surface area contributed by atoms with Gasteiger partial charge >= 0.3 is 6.18 Å². The number of halogens is 3. The Kier molecular flexibility index (Phi) is 5.43. The fraction of sp³-hybridized carbons (Fsp3) is 0.214. The van der Waals surface area contributed by atoms with Gasteiger partial charge in [0.1, 0.15) is 12.1 Å². The lowest BCUT2D eigenvalue weighted by molar-refractivity contribution is -0.137. The molecule has 9 heteroatoms. The minimum Gasteiger partial charge on any atom is -0.495 e. The van der Waals surface area contributed by atoms with Crippen molar-refractivity contribution in [1.82, 2.24) is 9.97 Å². The molecule has 1 heterocycles. The number of hydrogen-bond donors (Lipinski definition) is 1. The summed E-state index contributed by atoms with van der Waals surface area (Å²) in [6.07, 6.45) is -1.62. The van der Waals surface area contributed by atoms with Gasteiger partial charge < -0.3 is 10.1 Å². The summed E-state index contributed by atoms with van der Waals surface area (Å²) in [4.78, 5) is 19.6. The maximum atomic E-state index is 12.7. The number of carbonyl (C=O) groups excluding carboxylic acids is 1. The number of benzene rings is 1. The fourth-order valence-corrected chi connectivity index (χ4v) is 2.30. The van der Waals surface area contributed by atoms with Crippen LogP contribution in [0.4, 0.5) is 18.9 Å². The van der Waals surface area contributed by atoms with Crippen molar-refractivity contribution in [3.8, 4) is 5.75 Å². The number of nitrogens with one attached hydrogen (secondary N) is 1. The molecule has 0 aliphatic carbocycles. The van der Waals surface area contributed by atoms with Gasteiger partial charge in [0.2, 0.25) is 5.91 Å². The van der Waals surface area contributed by atoms with Gasteiger partial charge in [-0.05, 0) is 24.3 Å². The van der Waals surface area contributed by atoms with E-state index in [4.69, 9.17) is 4.74 Å². The number of carbonyl (C=O) groups is 1. The third-order valence-electron chi connectivity index (χ3n) is 2.71. The van der Waals surface area contributed by atoms with E-state index in [-0.39, 0.29) is 17.2 Å². The Bertz CT molecular complexity index is 681. The van der Waals surface area contributed by atoms with Gasteiger partial charge in [0, 0.05) is 6.20 Å². The van der Waals surface area contributed by atoms with Crippen LogP contribution < -0.4 is 10.1 Å². The molecule has 0 atom stereocenters. The minimum absolute atomic E-state index is 0.00356. The Hall–Kier alpha value is -2.29. The van der Waals surface area contributed by atoms with Crippen LogP contribution in [0.1, 0.15) is 5.56 Å². The van der Waals surface area contributed by atoms with Gasteiger partial charge in [0.25, 0.3) is 0 Å². The van der Waals surface area contributed by atoms with Gasteiger partial charge in [-0.15, -0.1) is 0 Å². The molecular weight excluding hydrogens is 331 g/mol. The Labute approximate surface area is 134 Å². The molecule has 1 aromatic heterocycles. The molecule has 2 aromatic rings. The van der Waals surface area contributed by atoms with Crippen LogP contribution >= 0.6 is 11.8 Å². The number of aromatic nitrogens is 2. The Balaban J connectivity index is 2.07. The molecule has 0 saturated carbocycles. The zero-order valence-electron chi connectivity index (χ0n) is 11.9. The minimum atomic E-state index is -4.50. The lowest BCUT2D eigenvalue weighted by atomic mass is 10.2. The average molecular weight is 343 g/mol. The van der Waals surface area contributed by atoms with Crippen molar-refractivity contribution >= 4 is 23.4 Å². The number of methoxy groups -OCH3 is 1. The zero-order chi connectivity index (χ0) is 16.9. The number of thioether (sulfide) groups is 1. The fourth-order valence-electron chi connectivity index (χ4n) is 1.67. The highest BCUT2D eigenvalue weighted by Crippen LogP contribution is 2.35.